The molecule has 0 aromatic carbocycles. The first-order valence-corrected chi connectivity index (χ1v) is 1.40. The van der Waals surface area contributed by atoms with Gasteiger partial charge in [-0.15, -0.1) is 0 Å². The Morgan fingerprint density at radius 2 is 1.33 bits per heavy atom. The van der Waals surface area contributed by atoms with Crippen LogP contribution in [0.3, 0.4) is 0 Å². The van der Waals surface area contributed by atoms with E-state index in [4.69, 9.17) is 0 Å². The maximum absolute atomic E-state index is 11.0. The van der Waals surface area contributed by atoms with E-state index in [1.54, 1.807) is 0 Å². The van der Waals surface area contributed by atoms with Crippen LogP contribution in [0.1, 0.15) is 0 Å². The number of rotatable bonds is 1. The highest BCUT2D eigenvalue weighted by Crippen LogP contribution is 2.01. The summed E-state index contributed by atoms with van der Waals surface area (Å²) in [6, 6.07) is 0. The van der Waals surface area contributed by atoms with Crippen molar-refractivity contribution >= 4 is 0 Å². The van der Waals surface area contributed by atoms with Gasteiger partial charge in [0.2, 0.25) is 0 Å². The minimum atomic E-state index is -2.93. The first-order chi connectivity index (χ1) is 2.64. The second-order valence-corrected chi connectivity index (χ2v) is 0.850. The van der Waals surface area contributed by atoms with Crippen LogP contribution < -0.4 is 0 Å². The van der Waals surface area contributed by atoms with Gasteiger partial charge in [-0.3, -0.25) is 0 Å². The highest BCUT2D eigenvalue weighted by molar-refractivity contribution is 4.57. The summed E-state index contributed by atoms with van der Waals surface area (Å²) in [5.41, 5.74) is 0. The molecule has 0 amide bonds. The fraction of sp³-hybridized carbons (Fsp3) is 0.667. The Bertz CT molecular complexity index is 27.0. The average molecular weight is 97.1 g/mol. The summed E-state index contributed by atoms with van der Waals surface area (Å²) in [6.07, 6.45) is -5.16. The second kappa shape index (κ2) is 2.05. The average Bonchev–Trinajstić information content (AvgIpc) is 1.36. The van der Waals surface area contributed by atoms with Crippen LogP contribution in [0.4, 0.5) is 13.2 Å². The lowest BCUT2D eigenvalue weighted by Crippen LogP contribution is -2.05. The van der Waals surface area contributed by atoms with Gasteiger partial charge in [0.15, 0.2) is 6.17 Å². The minimum absolute atomic E-state index is 2.23. The van der Waals surface area contributed by atoms with Gasteiger partial charge in [0, 0.05) is 0 Å². The highest BCUT2D eigenvalue weighted by Gasteiger charge is 2.10. The molecule has 0 aromatic heterocycles. The van der Waals surface area contributed by atoms with Crippen LogP contribution in [0.25, 0.3) is 0 Å². The summed E-state index contributed by atoms with van der Waals surface area (Å²) < 4.78 is 32.4. The third kappa shape index (κ3) is 2.05. The molecule has 0 bridgehead atoms. The lowest BCUT2D eigenvalue weighted by molar-refractivity contribution is 0.0736. The first-order valence-electron chi connectivity index (χ1n) is 1.40. The molecule has 0 saturated carbocycles. The van der Waals surface area contributed by atoms with Crippen molar-refractivity contribution in [2.75, 3.05) is 0 Å². The van der Waals surface area contributed by atoms with Crippen molar-refractivity contribution in [3.05, 3.63) is 6.92 Å². The van der Waals surface area contributed by atoms with Crippen molar-refractivity contribution in [1.82, 2.24) is 0 Å². The second-order valence-electron chi connectivity index (χ2n) is 0.850. The zero-order chi connectivity index (χ0) is 5.15. The Hall–Kier alpha value is -0.210. The molecule has 0 N–H and O–H groups in total. The minimum Gasteiger partial charge on any atom is -0.241 e. The number of halogens is 3. The van der Waals surface area contributed by atoms with Crippen molar-refractivity contribution in [1.29, 1.82) is 0 Å². The molecule has 0 aliphatic rings. The molecule has 0 spiro atoms. The molecule has 0 aliphatic carbocycles. The Morgan fingerprint density at radius 1 is 1.17 bits per heavy atom. The molecule has 6 heavy (non-hydrogen) atoms. The third-order valence-corrected chi connectivity index (χ3v) is 0.273. The summed E-state index contributed by atoms with van der Waals surface area (Å²) in [5.74, 6) is 0. The largest absolute Gasteiger partial charge is 0.269 e. The molecule has 0 rings (SSSR count). The Morgan fingerprint density at radius 3 is 1.33 bits per heavy atom. The predicted molar refractivity (Wildman–Crippen MR) is 16.3 cm³/mol. The Labute approximate surface area is 34.0 Å². The fourth-order valence-corrected chi connectivity index (χ4v) is 0. The zero-order valence-corrected chi connectivity index (χ0v) is 3.00. The van der Waals surface area contributed by atoms with Crippen molar-refractivity contribution in [2.45, 2.75) is 12.6 Å². The molecule has 0 aromatic rings. The monoisotopic (exact) mass is 97.0 g/mol. The topological polar surface area (TPSA) is 0 Å². The summed E-state index contributed by atoms with van der Waals surface area (Å²) in [6.45, 7) is 2.42. The molecule has 0 saturated heterocycles. The zero-order valence-electron chi connectivity index (χ0n) is 3.00. The van der Waals surface area contributed by atoms with Crippen LogP contribution >= 0.6 is 0 Å². The molecule has 0 heterocycles. The smallest absolute Gasteiger partial charge is 0.241 e. The van der Waals surface area contributed by atoms with Crippen molar-refractivity contribution < 1.29 is 13.2 Å². The van der Waals surface area contributed by atoms with Gasteiger partial charge in [-0.1, -0.05) is 0 Å². The summed E-state index contributed by atoms with van der Waals surface area (Å²) in [4.78, 5) is 0. The van der Waals surface area contributed by atoms with E-state index in [0.717, 1.165) is 0 Å². The number of hydrogen-bond acceptors (Lipinski definition) is 0. The molecule has 3 heteroatoms. The van der Waals surface area contributed by atoms with Gasteiger partial charge >= 0.3 is 0 Å². The number of alkyl halides is 3. The van der Waals surface area contributed by atoms with E-state index >= 15 is 0 Å². The van der Waals surface area contributed by atoms with E-state index in [1.807, 2.05) is 0 Å². The molecular weight excluding hydrogens is 93.0 g/mol. The lowest BCUT2D eigenvalue weighted by Gasteiger charge is -1.92. The molecule has 0 fully saturated rings. The van der Waals surface area contributed by atoms with Crippen LogP contribution in [0, 0.1) is 6.92 Å². The molecule has 1 unspecified atom stereocenters. The van der Waals surface area contributed by atoms with Gasteiger partial charge in [-0.2, -0.15) is 0 Å². The molecule has 0 nitrogen and oxygen atoms in total. The molecular formula is C3H4F3. The Balaban J connectivity index is 2.99. The Kier molecular flexibility index (Phi) is 1.98. The lowest BCUT2D eigenvalue weighted by atomic mass is 10.5. The van der Waals surface area contributed by atoms with Crippen LogP contribution in [-0.2, 0) is 0 Å². The van der Waals surface area contributed by atoms with E-state index in [9.17, 15) is 13.2 Å². The maximum Gasteiger partial charge on any atom is 0.269 e. The van der Waals surface area contributed by atoms with Gasteiger partial charge in [0.05, 0.1) is 0 Å². The maximum atomic E-state index is 11.0. The summed E-state index contributed by atoms with van der Waals surface area (Å²) in [5, 5.41) is 0. The standard InChI is InChI=1S/C3H4F3/c1-2(4)3(5)6/h2-3H,1H2. The fourth-order valence-electron chi connectivity index (χ4n) is 0. The first kappa shape index (κ1) is 5.79. The van der Waals surface area contributed by atoms with E-state index in [0.29, 0.717) is 0 Å². The quantitative estimate of drug-likeness (QED) is 0.464. The highest BCUT2D eigenvalue weighted by atomic mass is 19.3. The number of hydrogen-bond donors (Lipinski definition) is 0. The molecule has 1 atom stereocenters. The van der Waals surface area contributed by atoms with Crippen LogP contribution in [-0.4, -0.2) is 12.6 Å². The SMILES string of the molecule is [CH2]C(F)C(F)F. The molecule has 37 valence electrons. The van der Waals surface area contributed by atoms with Crippen molar-refractivity contribution in [2.24, 2.45) is 0 Å². The normalized spacial score (nSPS) is 15.5. The summed E-state index contributed by atoms with van der Waals surface area (Å²) in [7, 11) is 0. The van der Waals surface area contributed by atoms with Crippen molar-refractivity contribution in [3.8, 4) is 0 Å². The van der Waals surface area contributed by atoms with Gasteiger partial charge in [-0.25, -0.2) is 13.2 Å². The summed E-state index contributed by atoms with van der Waals surface area (Å²) >= 11 is 0. The van der Waals surface area contributed by atoms with Gasteiger partial charge in [-0.05, 0) is 6.92 Å². The van der Waals surface area contributed by atoms with Gasteiger partial charge < -0.3 is 0 Å². The van der Waals surface area contributed by atoms with Gasteiger partial charge in [0.25, 0.3) is 6.43 Å². The van der Waals surface area contributed by atoms with Crippen LogP contribution in [0.2, 0.25) is 0 Å². The predicted octanol–water partition coefficient (Wildman–Crippen LogP) is 1.42. The van der Waals surface area contributed by atoms with Crippen LogP contribution in [0.15, 0.2) is 0 Å². The van der Waals surface area contributed by atoms with E-state index in [-0.39, 0.29) is 0 Å². The van der Waals surface area contributed by atoms with E-state index < -0.39 is 12.6 Å². The van der Waals surface area contributed by atoms with E-state index in [1.165, 1.54) is 0 Å². The van der Waals surface area contributed by atoms with Crippen molar-refractivity contribution in [3.63, 3.8) is 0 Å². The van der Waals surface area contributed by atoms with Crippen LogP contribution in [0.5, 0.6) is 0 Å². The third-order valence-electron chi connectivity index (χ3n) is 0.273. The molecule has 0 aliphatic heterocycles. The van der Waals surface area contributed by atoms with E-state index in [2.05, 4.69) is 6.92 Å². The molecule has 1 radical (unpaired) electrons. The van der Waals surface area contributed by atoms with Gasteiger partial charge in [0.1, 0.15) is 0 Å².